The summed E-state index contributed by atoms with van der Waals surface area (Å²) in [5.74, 6) is 2.25. The zero-order valence-corrected chi connectivity index (χ0v) is 30.6. The lowest BCUT2D eigenvalue weighted by atomic mass is 10.1. The maximum Gasteiger partial charge on any atom is 0.297 e. The fourth-order valence-corrected chi connectivity index (χ4v) is 7.16. The van der Waals surface area contributed by atoms with Crippen LogP contribution in [0.15, 0.2) is 157 Å². The molecule has 0 saturated heterocycles. The molecule has 0 amide bonds. The van der Waals surface area contributed by atoms with Gasteiger partial charge in [0.15, 0.2) is 0 Å². The molecule has 0 unspecified atom stereocenters. The van der Waals surface area contributed by atoms with E-state index >= 15 is 0 Å². The summed E-state index contributed by atoms with van der Waals surface area (Å²) in [7, 11) is -3.85. The van der Waals surface area contributed by atoms with Crippen LogP contribution >= 0.6 is 0 Å². The lowest BCUT2D eigenvalue weighted by Gasteiger charge is -2.14. The molecule has 7 rings (SSSR count). The van der Waals surface area contributed by atoms with Crippen molar-refractivity contribution in [2.24, 2.45) is 0 Å². The zero-order valence-electron chi connectivity index (χ0n) is 29.8. The van der Waals surface area contributed by atoms with Crippen molar-refractivity contribution in [1.29, 1.82) is 0 Å². The zero-order chi connectivity index (χ0) is 36.6. The Hall–Kier alpha value is -5.83. The SMILES string of the molecule is Cc1ccc(S(=O)(=O)OCCOc2ccc(Cn3c(-c4ccc(OCc5ccccc5)cc4)c(C)c4cc(OCc5ccccc5)ccc43)cc2)cc1. The number of benzene rings is 6. The Kier molecular flexibility index (Phi) is 10.9. The molecule has 0 fully saturated rings. The van der Waals surface area contributed by atoms with Gasteiger partial charge in [-0.2, -0.15) is 8.42 Å². The van der Waals surface area contributed by atoms with Crippen LogP contribution in [0.2, 0.25) is 0 Å². The molecule has 1 aromatic heterocycles. The predicted octanol–water partition coefficient (Wildman–Crippen LogP) is 9.92. The van der Waals surface area contributed by atoms with Crippen LogP contribution in [0.1, 0.15) is 27.8 Å². The van der Waals surface area contributed by atoms with Crippen molar-refractivity contribution in [3.8, 4) is 28.5 Å². The van der Waals surface area contributed by atoms with Gasteiger partial charge in [0, 0.05) is 17.4 Å². The number of aryl methyl sites for hydroxylation is 2. The molecule has 0 atom stereocenters. The van der Waals surface area contributed by atoms with Crippen LogP contribution in [0.3, 0.4) is 0 Å². The van der Waals surface area contributed by atoms with Gasteiger partial charge in [-0.3, -0.25) is 4.18 Å². The first-order chi connectivity index (χ1) is 25.8. The Morgan fingerprint density at radius 3 is 1.75 bits per heavy atom. The maximum atomic E-state index is 12.5. The van der Waals surface area contributed by atoms with Gasteiger partial charge >= 0.3 is 0 Å². The van der Waals surface area contributed by atoms with E-state index in [1.54, 1.807) is 24.3 Å². The third kappa shape index (κ3) is 8.80. The van der Waals surface area contributed by atoms with Crippen LogP contribution in [0, 0.1) is 13.8 Å². The normalized spacial score (nSPS) is 11.4. The van der Waals surface area contributed by atoms with Crippen LogP contribution in [-0.4, -0.2) is 26.2 Å². The lowest BCUT2D eigenvalue weighted by molar-refractivity contribution is 0.221. The summed E-state index contributed by atoms with van der Waals surface area (Å²) in [4.78, 5) is 0.128. The van der Waals surface area contributed by atoms with Crippen LogP contribution in [0.25, 0.3) is 22.2 Å². The molecule has 0 spiro atoms. The van der Waals surface area contributed by atoms with Crippen molar-refractivity contribution in [1.82, 2.24) is 4.57 Å². The van der Waals surface area contributed by atoms with Crippen molar-refractivity contribution < 1.29 is 26.8 Å². The summed E-state index contributed by atoms with van der Waals surface area (Å²) in [5, 5.41) is 1.12. The summed E-state index contributed by atoms with van der Waals surface area (Å²) in [6.07, 6.45) is 0. The summed E-state index contributed by atoms with van der Waals surface area (Å²) in [6.45, 7) is 5.68. The van der Waals surface area contributed by atoms with Crippen molar-refractivity contribution in [3.05, 3.63) is 179 Å². The van der Waals surface area contributed by atoms with Gasteiger partial charge in [0.2, 0.25) is 0 Å². The van der Waals surface area contributed by atoms with Gasteiger partial charge in [0.05, 0.1) is 10.6 Å². The second-order valence-corrected chi connectivity index (χ2v) is 14.5. The topological polar surface area (TPSA) is 76.0 Å². The number of rotatable bonds is 15. The standard InChI is InChI=1S/C45H41NO6S/c1-33-13-24-42(25-14-33)53(47,48)52-28-27-49-39-19-15-35(16-20-39)30-46-44-26-23-41(51-32-37-11-7-4-8-12-37)29-43(44)34(2)45(46)38-17-21-40(22-18-38)50-31-36-9-5-3-6-10-36/h3-26,29H,27-28,30-32H2,1-2H3. The Morgan fingerprint density at radius 1 is 0.547 bits per heavy atom. The van der Waals surface area contributed by atoms with E-state index in [1.165, 1.54) is 0 Å². The minimum atomic E-state index is -3.85. The van der Waals surface area contributed by atoms with Crippen molar-refractivity contribution >= 4 is 21.0 Å². The Bertz CT molecular complexity index is 2370. The number of hydrogen-bond donors (Lipinski definition) is 0. The van der Waals surface area contributed by atoms with E-state index in [0.29, 0.717) is 25.5 Å². The summed E-state index contributed by atoms with van der Waals surface area (Å²) >= 11 is 0. The minimum Gasteiger partial charge on any atom is -0.491 e. The molecule has 6 aromatic carbocycles. The number of nitrogens with zero attached hydrogens (tertiary/aromatic N) is 1. The van der Waals surface area contributed by atoms with E-state index in [2.05, 4.69) is 60.0 Å². The molecule has 268 valence electrons. The predicted molar refractivity (Wildman–Crippen MR) is 209 cm³/mol. The molecular formula is C45H41NO6S. The first-order valence-electron chi connectivity index (χ1n) is 17.6. The molecule has 1 heterocycles. The van der Waals surface area contributed by atoms with Gasteiger partial charge < -0.3 is 18.8 Å². The van der Waals surface area contributed by atoms with Crippen LogP contribution in [0.5, 0.6) is 17.2 Å². The smallest absolute Gasteiger partial charge is 0.297 e. The van der Waals surface area contributed by atoms with E-state index in [-0.39, 0.29) is 18.1 Å². The fraction of sp³-hybridized carbons (Fsp3) is 0.156. The van der Waals surface area contributed by atoms with Crippen LogP contribution < -0.4 is 14.2 Å². The highest BCUT2D eigenvalue weighted by atomic mass is 32.2. The van der Waals surface area contributed by atoms with Crippen LogP contribution in [0.4, 0.5) is 0 Å². The molecule has 8 heteroatoms. The maximum absolute atomic E-state index is 12.5. The molecule has 53 heavy (non-hydrogen) atoms. The highest BCUT2D eigenvalue weighted by Crippen LogP contribution is 2.37. The number of aromatic nitrogens is 1. The summed E-state index contributed by atoms with van der Waals surface area (Å²) in [6, 6.07) is 49.3. The summed E-state index contributed by atoms with van der Waals surface area (Å²) < 4.78 is 50.7. The van der Waals surface area contributed by atoms with Crippen molar-refractivity contribution in [2.75, 3.05) is 13.2 Å². The average molecular weight is 724 g/mol. The quantitative estimate of drug-likeness (QED) is 0.0775. The highest BCUT2D eigenvalue weighted by molar-refractivity contribution is 7.86. The van der Waals surface area contributed by atoms with Gasteiger partial charge in [-0.05, 0) is 108 Å². The fourth-order valence-electron chi connectivity index (χ4n) is 6.27. The molecule has 7 nitrogen and oxygen atoms in total. The van der Waals surface area contributed by atoms with Gasteiger partial charge in [0.25, 0.3) is 10.1 Å². The van der Waals surface area contributed by atoms with Gasteiger partial charge in [-0.15, -0.1) is 0 Å². The van der Waals surface area contributed by atoms with Gasteiger partial charge in [-0.25, -0.2) is 0 Å². The Labute approximate surface area is 311 Å². The molecule has 0 N–H and O–H groups in total. The Morgan fingerprint density at radius 2 is 1.11 bits per heavy atom. The number of hydrogen-bond acceptors (Lipinski definition) is 6. The first-order valence-corrected chi connectivity index (χ1v) is 19.0. The molecule has 0 saturated carbocycles. The van der Waals surface area contributed by atoms with E-state index in [0.717, 1.165) is 61.5 Å². The lowest BCUT2D eigenvalue weighted by Crippen LogP contribution is -2.13. The van der Waals surface area contributed by atoms with Crippen molar-refractivity contribution in [3.63, 3.8) is 0 Å². The third-order valence-electron chi connectivity index (χ3n) is 9.08. The second kappa shape index (κ2) is 16.2. The Balaban J connectivity index is 1.09. The third-order valence-corrected chi connectivity index (χ3v) is 10.4. The minimum absolute atomic E-state index is 0.0930. The molecular weight excluding hydrogens is 683 g/mol. The van der Waals surface area contributed by atoms with E-state index < -0.39 is 10.1 Å². The van der Waals surface area contributed by atoms with E-state index in [9.17, 15) is 8.42 Å². The molecule has 0 aliphatic carbocycles. The molecule has 0 bridgehead atoms. The number of fused-ring (bicyclic) bond motifs is 1. The van der Waals surface area contributed by atoms with Crippen LogP contribution in [-0.2, 0) is 34.1 Å². The largest absolute Gasteiger partial charge is 0.491 e. The van der Waals surface area contributed by atoms with Crippen molar-refractivity contribution in [2.45, 2.75) is 38.5 Å². The molecule has 0 aliphatic rings. The number of ether oxygens (including phenoxy) is 3. The van der Waals surface area contributed by atoms with Gasteiger partial charge in [-0.1, -0.05) is 90.5 Å². The molecule has 0 radical (unpaired) electrons. The van der Waals surface area contributed by atoms with E-state index in [4.69, 9.17) is 18.4 Å². The van der Waals surface area contributed by atoms with E-state index in [1.807, 2.05) is 85.8 Å². The molecule has 0 aliphatic heterocycles. The monoisotopic (exact) mass is 723 g/mol. The average Bonchev–Trinajstić information content (AvgIpc) is 3.46. The summed E-state index contributed by atoms with van der Waals surface area (Å²) in [5.41, 5.74) is 8.74. The first kappa shape index (κ1) is 35.6. The second-order valence-electron chi connectivity index (χ2n) is 12.9. The molecule has 7 aromatic rings. The highest BCUT2D eigenvalue weighted by Gasteiger charge is 2.18. The van der Waals surface area contributed by atoms with Gasteiger partial charge in [0.1, 0.15) is 43.7 Å².